The number of nitrogens with zero attached hydrogens (tertiary/aromatic N) is 1. The molecule has 60 valence electrons. The van der Waals surface area contributed by atoms with Gasteiger partial charge < -0.3 is 4.98 Å². The first-order valence-corrected chi connectivity index (χ1v) is 3.51. The molecule has 0 aliphatic heterocycles. The van der Waals surface area contributed by atoms with Crippen LogP contribution in [0.15, 0.2) is 12.4 Å². The Labute approximate surface area is 68.3 Å². The number of Topliss-reactive ketones (excluding diaryl/α,β-unsaturated/α-hetero) is 1. The number of hydrogen-bond acceptors (Lipinski definition) is 3. The third kappa shape index (κ3) is 0.747. The largest absolute Gasteiger partial charge is 0.341 e. The van der Waals surface area contributed by atoms with E-state index in [0.717, 1.165) is 5.57 Å². The zero-order valence-electron chi connectivity index (χ0n) is 6.42. The van der Waals surface area contributed by atoms with Gasteiger partial charge in [-0.2, -0.15) is 0 Å². The van der Waals surface area contributed by atoms with Crippen molar-refractivity contribution in [3.8, 4) is 0 Å². The third-order valence-corrected chi connectivity index (χ3v) is 1.81. The number of carbonyl (C=O) groups is 2. The van der Waals surface area contributed by atoms with Crippen LogP contribution in [0.25, 0.3) is 5.57 Å². The number of hydrogen-bond donors (Lipinski definition) is 1. The van der Waals surface area contributed by atoms with Crippen molar-refractivity contribution in [2.45, 2.75) is 6.92 Å². The van der Waals surface area contributed by atoms with Crippen LogP contribution in [-0.2, 0) is 4.79 Å². The maximum atomic E-state index is 11.2. The first kappa shape index (κ1) is 6.97. The zero-order chi connectivity index (χ0) is 8.72. The van der Waals surface area contributed by atoms with Crippen LogP contribution in [0.3, 0.4) is 0 Å². The Bertz CT molecular complexity index is 401. The zero-order valence-corrected chi connectivity index (χ0v) is 6.42. The summed E-state index contributed by atoms with van der Waals surface area (Å²) < 4.78 is 0. The highest BCUT2D eigenvalue weighted by atomic mass is 16.2. The molecule has 0 fully saturated rings. The topological polar surface area (TPSA) is 62.8 Å². The van der Waals surface area contributed by atoms with Gasteiger partial charge in [-0.3, -0.25) is 9.59 Å². The maximum absolute atomic E-state index is 11.2. The van der Waals surface area contributed by atoms with Crippen molar-refractivity contribution in [3.05, 3.63) is 23.8 Å². The van der Waals surface area contributed by atoms with Crippen molar-refractivity contribution in [3.63, 3.8) is 0 Å². The van der Waals surface area contributed by atoms with Gasteiger partial charge in [0.15, 0.2) is 0 Å². The fraction of sp³-hybridized carbons (Fsp3) is 0.125. The lowest BCUT2D eigenvalue weighted by atomic mass is 10.00. The summed E-state index contributed by atoms with van der Waals surface area (Å²) in [5.41, 5.74) is 1.62. The first-order valence-electron chi connectivity index (χ1n) is 3.51. The molecule has 1 aromatic rings. The molecule has 1 heterocycles. The molecule has 0 atom stereocenters. The molecule has 4 heteroatoms. The quantitative estimate of drug-likeness (QED) is 0.567. The second-order valence-electron chi connectivity index (χ2n) is 2.65. The predicted molar refractivity (Wildman–Crippen MR) is 41.6 cm³/mol. The van der Waals surface area contributed by atoms with Crippen LogP contribution >= 0.6 is 0 Å². The lowest BCUT2D eigenvalue weighted by molar-refractivity contribution is -0.111. The smallest absolute Gasteiger partial charge is 0.251 e. The molecule has 1 aliphatic rings. The molecule has 0 saturated heterocycles. The van der Waals surface area contributed by atoms with Crippen molar-refractivity contribution in [2.75, 3.05) is 0 Å². The normalized spacial score (nSPS) is 15.9. The summed E-state index contributed by atoms with van der Waals surface area (Å²) in [7, 11) is 0. The van der Waals surface area contributed by atoms with Gasteiger partial charge >= 0.3 is 0 Å². The standard InChI is InChI=1S/C8H6N2O2/c1-4-2-5(11)8(12)7-6(4)9-3-10-7/h2-3H,1H3,(H,9,10). The van der Waals surface area contributed by atoms with Crippen LogP contribution in [-0.4, -0.2) is 21.5 Å². The number of imidazole rings is 1. The fourth-order valence-corrected chi connectivity index (χ4v) is 1.22. The average Bonchev–Trinajstić information content (AvgIpc) is 2.48. The molecule has 0 bridgehead atoms. The number of allylic oxidation sites excluding steroid dienone is 2. The molecular formula is C8H6N2O2. The van der Waals surface area contributed by atoms with Gasteiger partial charge in [0.05, 0.1) is 12.0 Å². The minimum absolute atomic E-state index is 0.306. The van der Waals surface area contributed by atoms with Gasteiger partial charge in [-0.15, -0.1) is 0 Å². The van der Waals surface area contributed by atoms with E-state index in [1.165, 1.54) is 12.4 Å². The van der Waals surface area contributed by atoms with E-state index >= 15 is 0 Å². The SMILES string of the molecule is CC1=CC(=O)C(=O)c2[nH]cnc21. The molecule has 1 N–H and O–H groups in total. The summed E-state index contributed by atoms with van der Waals surface area (Å²) in [4.78, 5) is 28.7. The Kier molecular flexibility index (Phi) is 1.24. The van der Waals surface area contributed by atoms with Crippen molar-refractivity contribution in [1.82, 2.24) is 9.97 Å². The molecule has 0 aromatic carbocycles. The van der Waals surface area contributed by atoms with E-state index in [4.69, 9.17) is 0 Å². The maximum Gasteiger partial charge on any atom is 0.251 e. The number of carbonyl (C=O) groups excluding carboxylic acids is 2. The van der Waals surface area contributed by atoms with E-state index in [9.17, 15) is 9.59 Å². The number of ketones is 2. The molecule has 1 aromatic heterocycles. The summed E-state index contributed by atoms with van der Waals surface area (Å²) >= 11 is 0. The lowest BCUT2D eigenvalue weighted by Crippen LogP contribution is -2.17. The van der Waals surface area contributed by atoms with E-state index < -0.39 is 11.6 Å². The number of fused-ring (bicyclic) bond motifs is 1. The summed E-state index contributed by atoms with van der Waals surface area (Å²) in [5.74, 6) is -0.989. The predicted octanol–water partition coefficient (Wildman–Crippen LogP) is 0.578. The van der Waals surface area contributed by atoms with Gasteiger partial charge in [-0.1, -0.05) is 0 Å². The van der Waals surface area contributed by atoms with Gasteiger partial charge in [0.1, 0.15) is 5.69 Å². The van der Waals surface area contributed by atoms with Crippen molar-refractivity contribution < 1.29 is 9.59 Å². The molecule has 0 amide bonds. The van der Waals surface area contributed by atoms with E-state index in [1.54, 1.807) is 6.92 Å². The molecule has 0 spiro atoms. The van der Waals surface area contributed by atoms with Gasteiger partial charge in [-0.05, 0) is 18.6 Å². The first-order chi connectivity index (χ1) is 5.70. The number of H-pyrrole nitrogens is 1. The lowest BCUT2D eigenvalue weighted by Gasteiger charge is -2.05. The van der Waals surface area contributed by atoms with Crippen LogP contribution in [0.4, 0.5) is 0 Å². The van der Waals surface area contributed by atoms with Crippen LogP contribution in [0, 0.1) is 0 Å². The van der Waals surface area contributed by atoms with Crippen LogP contribution < -0.4 is 0 Å². The molecule has 4 nitrogen and oxygen atoms in total. The highest BCUT2D eigenvalue weighted by Gasteiger charge is 2.25. The third-order valence-electron chi connectivity index (χ3n) is 1.81. The number of aromatic nitrogens is 2. The van der Waals surface area contributed by atoms with Crippen LogP contribution in [0.1, 0.15) is 23.1 Å². The highest BCUT2D eigenvalue weighted by molar-refractivity contribution is 6.49. The Morgan fingerprint density at radius 1 is 1.42 bits per heavy atom. The van der Waals surface area contributed by atoms with Crippen molar-refractivity contribution in [2.24, 2.45) is 0 Å². The highest BCUT2D eigenvalue weighted by Crippen LogP contribution is 2.20. The van der Waals surface area contributed by atoms with E-state index in [-0.39, 0.29) is 0 Å². The second kappa shape index (κ2) is 2.14. The number of rotatable bonds is 0. The Morgan fingerprint density at radius 3 is 2.92 bits per heavy atom. The minimum Gasteiger partial charge on any atom is -0.341 e. The molecule has 0 unspecified atom stereocenters. The van der Waals surface area contributed by atoms with E-state index in [2.05, 4.69) is 9.97 Å². The fourth-order valence-electron chi connectivity index (χ4n) is 1.22. The Balaban J connectivity index is 2.70. The number of nitrogens with one attached hydrogen (secondary N) is 1. The minimum atomic E-state index is -0.506. The van der Waals surface area contributed by atoms with Gasteiger partial charge in [0.2, 0.25) is 5.78 Å². The Morgan fingerprint density at radius 2 is 2.17 bits per heavy atom. The number of aromatic amines is 1. The van der Waals surface area contributed by atoms with Gasteiger partial charge in [-0.25, -0.2) is 4.98 Å². The van der Waals surface area contributed by atoms with E-state index in [1.807, 2.05) is 0 Å². The van der Waals surface area contributed by atoms with Crippen molar-refractivity contribution in [1.29, 1.82) is 0 Å². The molecule has 12 heavy (non-hydrogen) atoms. The summed E-state index contributed by atoms with van der Waals surface area (Å²) in [5, 5.41) is 0. The van der Waals surface area contributed by atoms with E-state index in [0.29, 0.717) is 11.4 Å². The van der Waals surface area contributed by atoms with Crippen LogP contribution in [0.5, 0.6) is 0 Å². The summed E-state index contributed by atoms with van der Waals surface area (Å²) in [6.07, 6.45) is 2.73. The monoisotopic (exact) mass is 162 g/mol. The molecule has 2 rings (SSSR count). The summed E-state index contributed by atoms with van der Waals surface area (Å²) in [6, 6.07) is 0. The molecule has 1 aliphatic carbocycles. The molecule has 0 saturated carbocycles. The summed E-state index contributed by atoms with van der Waals surface area (Å²) in [6.45, 7) is 1.75. The van der Waals surface area contributed by atoms with Gasteiger partial charge in [0, 0.05) is 0 Å². The second-order valence-corrected chi connectivity index (χ2v) is 2.65. The molecular weight excluding hydrogens is 156 g/mol. The van der Waals surface area contributed by atoms with Gasteiger partial charge in [0.25, 0.3) is 5.78 Å². The van der Waals surface area contributed by atoms with Crippen LogP contribution in [0.2, 0.25) is 0 Å². The van der Waals surface area contributed by atoms with Crippen molar-refractivity contribution >= 4 is 17.1 Å². The molecule has 0 radical (unpaired) electrons. The average molecular weight is 162 g/mol. The Hall–Kier alpha value is -1.71.